The Morgan fingerprint density at radius 3 is 2.53 bits per heavy atom. The summed E-state index contributed by atoms with van der Waals surface area (Å²) in [7, 11) is 0. The number of ether oxygens (including phenoxy) is 1. The van der Waals surface area contributed by atoms with E-state index in [-0.39, 0.29) is 24.0 Å². The van der Waals surface area contributed by atoms with Crippen LogP contribution in [0.3, 0.4) is 0 Å². The van der Waals surface area contributed by atoms with Gasteiger partial charge in [-0.3, -0.25) is 4.68 Å². The first-order valence-electron chi connectivity index (χ1n) is 3.95. The van der Waals surface area contributed by atoms with E-state index in [0.717, 1.165) is 0 Å². The van der Waals surface area contributed by atoms with Crippen LogP contribution in [0.1, 0.15) is 6.92 Å². The zero-order valence-corrected chi connectivity index (χ0v) is 8.73. The normalized spacial score (nSPS) is 10.9. The van der Waals surface area contributed by atoms with Crippen LogP contribution in [0, 0.1) is 0 Å². The number of anilines is 1. The minimum absolute atomic E-state index is 0. The van der Waals surface area contributed by atoms with Crippen LogP contribution >= 0.6 is 12.4 Å². The molecule has 4 nitrogen and oxygen atoms in total. The smallest absolute Gasteiger partial charge is 0.422 e. The Morgan fingerprint density at radius 1 is 1.53 bits per heavy atom. The number of hydrogen-bond donors (Lipinski definition) is 1. The molecular formula is C7H11ClF3N3O. The van der Waals surface area contributed by atoms with Gasteiger partial charge >= 0.3 is 6.18 Å². The molecule has 0 atom stereocenters. The van der Waals surface area contributed by atoms with E-state index in [9.17, 15) is 13.2 Å². The third kappa shape index (κ3) is 4.28. The van der Waals surface area contributed by atoms with Crippen molar-refractivity contribution in [2.24, 2.45) is 0 Å². The Hall–Kier alpha value is -1.11. The van der Waals surface area contributed by atoms with Crippen molar-refractivity contribution < 1.29 is 17.9 Å². The van der Waals surface area contributed by atoms with E-state index >= 15 is 0 Å². The Labute approximate surface area is 90.6 Å². The van der Waals surface area contributed by atoms with Crippen molar-refractivity contribution in [3.05, 3.63) is 6.20 Å². The third-order valence-electron chi connectivity index (χ3n) is 1.45. The fourth-order valence-corrected chi connectivity index (χ4v) is 0.843. The molecule has 0 aliphatic heterocycles. The van der Waals surface area contributed by atoms with E-state index in [1.54, 1.807) is 6.92 Å². The number of aromatic nitrogens is 2. The van der Waals surface area contributed by atoms with Crippen LogP contribution < -0.4 is 10.5 Å². The van der Waals surface area contributed by atoms with Crippen LogP contribution in [0.15, 0.2) is 6.20 Å². The second kappa shape index (κ2) is 5.11. The average molecular weight is 246 g/mol. The second-order valence-electron chi connectivity index (χ2n) is 2.65. The lowest BCUT2D eigenvalue weighted by atomic mass is 10.5. The molecule has 0 amide bonds. The highest BCUT2D eigenvalue weighted by Crippen LogP contribution is 2.21. The molecule has 1 heterocycles. The lowest BCUT2D eigenvalue weighted by molar-refractivity contribution is -0.154. The predicted molar refractivity (Wildman–Crippen MR) is 51.1 cm³/mol. The van der Waals surface area contributed by atoms with E-state index in [1.165, 1.54) is 10.9 Å². The predicted octanol–water partition coefficient (Wildman–Crippen LogP) is 1.85. The van der Waals surface area contributed by atoms with Crippen molar-refractivity contribution in [1.29, 1.82) is 0 Å². The van der Waals surface area contributed by atoms with E-state index < -0.39 is 12.8 Å². The summed E-state index contributed by atoms with van der Waals surface area (Å²) in [6, 6.07) is 0. The summed E-state index contributed by atoms with van der Waals surface area (Å²) in [5, 5.41) is 3.70. The largest absolute Gasteiger partial charge is 0.466 e. The first kappa shape index (κ1) is 13.9. The summed E-state index contributed by atoms with van der Waals surface area (Å²) in [6.07, 6.45) is -2.95. The van der Waals surface area contributed by atoms with Crippen LogP contribution in [-0.2, 0) is 6.54 Å². The number of hydrogen-bond acceptors (Lipinski definition) is 3. The molecule has 0 unspecified atom stereocenters. The van der Waals surface area contributed by atoms with Crippen LogP contribution in [0.4, 0.5) is 18.9 Å². The SMILES string of the molecule is CCn1cc(N)c(OCC(F)(F)F)n1.Cl. The molecule has 0 spiro atoms. The van der Waals surface area contributed by atoms with Crippen molar-refractivity contribution in [2.75, 3.05) is 12.3 Å². The number of nitrogens with two attached hydrogens (primary N) is 1. The molecule has 0 fully saturated rings. The van der Waals surface area contributed by atoms with Gasteiger partial charge in [-0.05, 0) is 6.92 Å². The van der Waals surface area contributed by atoms with E-state index in [4.69, 9.17) is 5.73 Å². The fraction of sp³-hybridized carbons (Fsp3) is 0.571. The van der Waals surface area contributed by atoms with Crippen molar-refractivity contribution in [3.63, 3.8) is 0 Å². The number of nitrogen functional groups attached to an aromatic ring is 1. The standard InChI is InChI=1S/C7H10F3N3O.ClH/c1-2-13-3-5(11)6(12-13)14-4-7(8,9)10;/h3H,2,4,11H2,1H3;1H. The summed E-state index contributed by atoms with van der Waals surface area (Å²) in [5.41, 5.74) is 5.48. The zero-order valence-electron chi connectivity index (χ0n) is 7.91. The maximum Gasteiger partial charge on any atom is 0.422 e. The Kier molecular flexibility index (Phi) is 4.73. The molecule has 88 valence electrons. The molecule has 15 heavy (non-hydrogen) atoms. The van der Waals surface area contributed by atoms with Crippen LogP contribution in [0.25, 0.3) is 0 Å². The van der Waals surface area contributed by atoms with Gasteiger partial charge in [0.05, 0.1) is 6.20 Å². The van der Waals surface area contributed by atoms with Gasteiger partial charge in [0.2, 0.25) is 0 Å². The molecule has 0 radical (unpaired) electrons. The van der Waals surface area contributed by atoms with E-state index in [0.29, 0.717) is 6.54 Å². The molecule has 2 N–H and O–H groups in total. The Bertz CT molecular complexity index is 313. The topological polar surface area (TPSA) is 53.1 Å². The van der Waals surface area contributed by atoms with E-state index in [1.807, 2.05) is 0 Å². The van der Waals surface area contributed by atoms with Gasteiger partial charge in [0, 0.05) is 6.54 Å². The highest BCUT2D eigenvalue weighted by atomic mass is 35.5. The molecule has 1 aromatic rings. The summed E-state index contributed by atoms with van der Waals surface area (Å²) in [4.78, 5) is 0. The molecule has 0 aliphatic rings. The van der Waals surface area contributed by atoms with Gasteiger partial charge in [-0.1, -0.05) is 0 Å². The second-order valence-corrected chi connectivity index (χ2v) is 2.65. The average Bonchev–Trinajstić information content (AvgIpc) is 2.42. The Balaban J connectivity index is 0.00000196. The molecule has 1 aromatic heterocycles. The lowest BCUT2D eigenvalue weighted by Gasteiger charge is -2.06. The first-order chi connectivity index (χ1) is 6.42. The highest BCUT2D eigenvalue weighted by molar-refractivity contribution is 5.85. The zero-order chi connectivity index (χ0) is 10.8. The number of nitrogens with zero attached hydrogens (tertiary/aromatic N) is 2. The molecule has 0 aliphatic carbocycles. The van der Waals surface area contributed by atoms with Crippen molar-refractivity contribution in [3.8, 4) is 5.88 Å². The van der Waals surface area contributed by atoms with E-state index in [2.05, 4.69) is 9.84 Å². The summed E-state index contributed by atoms with van der Waals surface area (Å²) in [5.74, 6) is -0.177. The summed E-state index contributed by atoms with van der Waals surface area (Å²) < 4.78 is 41.1. The summed E-state index contributed by atoms with van der Waals surface area (Å²) >= 11 is 0. The van der Waals surface area contributed by atoms with Crippen LogP contribution in [0.2, 0.25) is 0 Å². The van der Waals surface area contributed by atoms with Crippen molar-refractivity contribution in [1.82, 2.24) is 9.78 Å². The van der Waals surface area contributed by atoms with Gasteiger partial charge in [-0.2, -0.15) is 13.2 Å². The molecule has 0 bridgehead atoms. The van der Waals surface area contributed by atoms with Gasteiger partial charge in [-0.15, -0.1) is 17.5 Å². The van der Waals surface area contributed by atoms with Crippen molar-refractivity contribution >= 4 is 18.1 Å². The first-order valence-corrected chi connectivity index (χ1v) is 3.95. The van der Waals surface area contributed by atoms with Gasteiger partial charge in [0.1, 0.15) is 5.69 Å². The Morgan fingerprint density at radius 2 is 2.13 bits per heavy atom. The van der Waals surface area contributed by atoms with Crippen LogP contribution in [-0.4, -0.2) is 22.6 Å². The number of alkyl halides is 3. The summed E-state index contributed by atoms with van der Waals surface area (Å²) in [6.45, 7) is 0.942. The fourth-order valence-electron chi connectivity index (χ4n) is 0.843. The number of halogens is 4. The molecule has 8 heteroatoms. The molecular weight excluding hydrogens is 235 g/mol. The van der Waals surface area contributed by atoms with Gasteiger partial charge in [0.25, 0.3) is 5.88 Å². The molecule has 0 saturated heterocycles. The van der Waals surface area contributed by atoms with Gasteiger partial charge < -0.3 is 10.5 Å². The maximum atomic E-state index is 11.8. The highest BCUT2D eigenvalue weighted by Gasteiger charge is 2.29. The lowest BCUT2D eigenvalue weighted by Crippen LogP contribution is -2.19. The number of rotatable bonds is 3. The number of aryl methyl sites for hydroxylation is 1. The van der Waals surface area contributed by atoms with Crippen LogP contribution in [0.5, 0.6) is 5.88 Å². The van der Waals surface area contributed by atoms with Crippen molar-refractivity contribution in [2.45, 2.75) is 19.6 Å². The molecule has 0 saturated carbocycles. The third-order valence-corrected chi connectivity index (χ3v) is 1.45. The minimum Gasteiger partial charge on any atom is -0.466 e. The quantitative estimate of drug-likeness (QED) is 0.884. The maximum absolute atomic E-state index is 11.8. The van der Waals surface area contributed by atoms with Gasteiger partial charge in [-0.25, -0.2) is 0 Å². The minimum atomic E-state index is -4.37. The monoisotopic (exact) mass is 245 g/mol. The van der Waals surface area contributed by atoms with Gasteiger partial charge in [0.15, 0.2) is 6.61 Å². The molecule has 0 aromatic carbocycles. The molecule has 1 rings (SSSR count).